The van der Waals surface area contributed by atoms with Gasteiger partial charge in [0.2, 0.25) is 5.91 Å². The molecule has 75 heavy (non-hydrogen) atoms. The molecule has 10 heteroatoms. The Hall–Kier alpha value is -3.07. The Kier molecular flexibility index (Phi) is 52.1. The number of carbonyl (C=O) groups excluding carboxylic acids is 2. The number of unbranched alkanes of at least 4 members (excludes halogenated alkanes) is 24. The zero-order valence-electron chi connectivity index (χ0n) is 49.3. The van der Waals surface area contributed by atoms with Crippen molar-refractivity contribution in [3.8, 4) is 0 Å². The predicted molar refractivity (Wildman–Crippen MR) is 323 cm³/mol. The Morgan fingerprint density at radius 3 is 1.31 bits per heavy atom. The molecule has 3 atom stereocenters. The maximum absolute atomic E-state index is 13.5. The Morgan fingerprint density at radius 1 is 0.480 bits per heavy atom. The largest absolute Gasteiger partial charge is 0.472 e. The van der Waals surface area contributed by atoms with Crippen LogP contribution >= 0.6 is 7.82 Å². The standard InChI is InChI=1S/C65H115N2O7P/c1-7-10-13-16-19-22-25-28-30-31-32-33-34-35-36-37-38-40-43-46-49-52-55-58-65(69)74-63(56-53-50-47-44-41-27-24-21-18-15-12-9-3)62(61-73-75(70,71)72-60-59-67(4,5)6)66-64(68)57-54-51-48-45-42-39-29-26-23-20-17-14-11-8-2/h11,14,19-20,22-23,28-30,32-33,35-36,39,53,56,62-63H,7-10,12-13,15-18,21,24-27,31,34,37-38,40-52,54-55,57-61H2,1-6H3,(H-,66,68,70,71)/p+1/b14-11+,22-19-,23-20+,30-28-,33-32-,36-35-,39-29+,56-53-. The van der Waals surface area contributed by atoms with Gasteiger partial charge >= 0.3 is 13.8 Å². The number of ether oxygens (including phenoxy) is 1. The smallest absolute Gasteiger partial charge is 0.456 e. The lowest BCUT2D eigenvalue weighted by Crippen LogP contribution is -2.47. The normalized spacial score (nSPS) is 14.4. The van der Waals surface area contributed by atoms with Gasteiger partial charge in [-0.05, 0) is 109 Å². The number of likely N-dealkylation sites (N-methyl/N-ethyl adjacent to an activating group) is 1. The van der Waals surface area contributed by atoms with Crippen LogP contribution in [0.1, 0.15) is 252 Å². The lowest BCUT2D eigenvalue weighted by molar-refractivity contribution is -0.870. The summed E-state index contributed by atoms with van der Waals surface area (Å²) in [5.41, 5.74) is 0. The van der Waals surface area contributed by atoms with Crippen molar-refractivity contribution in [2.24, 2.45) is 0 Å². The number of carbonyl (C=O) groups is 2. The topological polar surface area (TPSA) is 111 Å². The summed E-state index contributed by atoms with van der Waals surface area (Å²) >= 11 is 0. The van der Waals surface area contributed by atoms with Gasteiger partial charge in [-0.3, -0.25) is 18.6 Å². The third-order valence-corrected chi connectivity index (χ3v) is 14.0. The first-order valence-corrected chi connectivity index (χ1v) is 32.1. The first-order chi connectivity index (χ1) is 36.4. The molecule has 0 aliphatic rings. The number of rotatable bonds is 54. The number of nitrogens with zero attached hydrogens (tertiary/aromatic N) is 1. The summed E-state index contributed by atoms with van der Waals surface area (Å²) in [6, 6.07) is -0.870. The van der Waals surface area contributed by atoms with Crippen LogP contribution in [0.15, 0.2) is 97.2 Å². The zero-order chi connectivity index (χ0) is 55.0. The molecule has 0 rings (SSSR count). The van der Waals surface area contributed by atoms with Crippen LogP contribution in [0.25, 0.3) is 0 Å². The van der Waals surface area contributed by atoms with E-state index in [1.54, 1.807) is 0 Å². The van der Waals surface area contributed by atoms with Crippen LogP contribution in [0.2, 0.25) is 0 Å². The SMILES string of the molecule is CC/C=C/C/C=C/C/C=C/CCCCCCC(=O)NC(COP(=O)(O)OCC[N+](C)(C)C)C(/C=C\CCCCCCCCCCCC)OC(=O)CCCCCCCCC/C=C\C/C=C\C/C=C\C/C=C\CCCCC. The van der Waals surface area contributed by atoms with Crippen LogP contribution < -0.4 is 5.32 Å². The first-order valence-electron chi connectivity index (χ1n) is 30.6. The summed E-state index contributed by atoms with van der Waals surface area (Å²) < 4.78 is 30.6. The fourth-order valence-corrected chi connectivity index (χ4v) is 9.03. The van der Waals surface area contributed by atoms with Crippen molar-refractivity contribution in [2.45, 2.75) is 264 Å². The zero-order valence-corrected chi connectivity index (χ0v) is 50.2. The molecular formula is C65H116N2O7P+. The van der Waals surface area contributed by atoms with E-state index in [9.17, 15) is 19.0 Å². The van der Waals surface area contributed by atoms with Gasteiger partial charge in [-0.25, -0.2) is 4.57 Å². The van der Waals surface area contributed by atoms with Gasteiger partial charge in [0, 0.05) is 12.8 Å². The lowest BCUT2D eigenvalue weighted by atomic mass is 10.0. The third kappa shape index (κ3) is 55.5. The highest BCUT2D eigenvalue weighted by atomic mass is 31.2. The van der Waals surface area contributed by atoms with Gasteiger partial charge in [0.1, 0.15) is 19.3 Å². The highest BCUT2D eigenvalue weighted by Crippen LogP contribution is 2.43. The number of hydrogen-bond donors (Lipinski definition) is 2. The average Bonchev–Trinajstić information content (AvgIpc) is 3.37. The molecule has 0 aromatic heterocycles. The summed E-state index contributed by atoms with van der Waals surface area (Å²) in [6.45, 7) is 6.83. The molecule has 432 valence electrons. The van der Waals surface area contributed by atoms with Crippen molar-refractivity contribution in [1.82, 2.24) is 5.32 Å². The highest BCUT2D eigenvalue weighted by molar-refractivity contribution is 7.47. The van der Waals surface area contributed by atoms with Gasteiger partial charge in [0.25, 0.3) is 0 Å². The van der Waals surface area contributed by atoms with E-state index in [2.05, 4.69) is 111 Å². The molecule has 0 radical (unpaired) electrons. The minimum Gasteiger partial charge on any atom is -0.456 e. The highest BCUT2D eigenvalue weighted by Gasteiger charge is 2.30. The number of allylic oxidation sites excluding steroid dienone is 15. The number of nitrogens with one attached hydrogen (secondary N) is 1. The molecule has 2 N–H and O–H groups in total. The Balaban J connectivity index is 5.27. The molecule has 9 nitrogen and oxygen atoms in total. The van der Waals surface area contributed by atoms with Crippen LogP contribution in [-0.2, 0) is 27.9 Å². The van der Waals surface area contributed by atoms with E-state index in [0.717, 1.165) is 116 Å². The Bertz CT molecular complexity index is 1610. The fraction of sp³-hybridized carbons (Fsp3) is 0.723. The van der Waals surface area contributed by atoms with Crippen molar-refractivity contribution in [3.63, 3.8) is 0 Å². The predicted octanol–water partition coefficient (Wildman–Crippen LogP) is 18.8. The Labute approximate surface area is 462 Å². The molecule has 0 spiro atoms. The molecular weight excluding hydrogens is 952 g/mol. The van der Waals surface area contributed by atoms with Crippen LogP contribution in [0.3, 0.4) is 0 Å². The van der Waals surface area contributed by atoms with Gasteiger partial charge in [-0.1, -0.05) is 227 Å². The molecule has 0 aliphatic carbocycles. The van der Waals surface area contributed by atoms with Crippen LogP contribution in [0.5, 0.6) is 0 Å². The number of phosphoric ester groups is 1. The second kappa shape index (κ2) is 54.3. The van der Waals surface area contributed by atoms with Crippen LogP contribution in [0.4, 0.5) is 0 Å². The summed E-state index contributed by atoms with van der Waals surface area (Å²) in [6.07, 6.45) is 72.6. The maximum Gasteiger partial charge on any atom is 0.472 e. The number of hydrogen-bond acceptors (Lipinski definition) is 6. The van der Waals surface area contributed by atoms with E-state index in [1.807, 2.05) is 33.3 Å². The summed E-state index contributed by atoms with van der Waals surface area (Å²) in [5, 5.41) is 3.03. The van der Waals surface area contributed by atoms with Gasteiger partial charge in [-0.15, -0.1) is 0 Å². The molecule has 3 unspecified atom stereocenters. The van der Waals surface area contributed by atoms with Gasteiger partial charge in [-0.2, -0.15) is 0 Å². The first kappa shape index (κ1) is 71.9. The average molecular weight is 1070 g/mol. The minimum absolute atomic E-state index is 0.0291. The molecule has 0 saturated heterocycles. The van der Waals surface area contributed by atoms with Crippen LogP contribution in [0, 0.1) is 0 Å². The summed E-state index contributed by atoms with van der Waals surface area (Å²) in [4.78, 5) is 37.7. The molecule has 0 saturated carbocycles. The van der Waals surface area contributed by atoms with E-state index in [4.69, 9.17) is 13.8 Å². The van der Waals surface area contributed by atoms with Crippen molar-refractivity contribution in [2.75, 3.05) is 40.9 Å². The minimum atomic E-state index is -4.46. The quantitative estimate of drug-likeness (QED) is 0.0205. The number of esters is 1. The second-order valence-electron chi connectivity index (χ2n) is 21.5. The molecule has 0 heterocycles. The number of phosphoric acid groups is 1. The van der Waals surface area contributed by atoms with Gasteiger partial charge < -0.3 is 19.4 Å². The second-order valence-corrected chi connectivity index (χ2v) is 22.9. The lowest BCUT2D eigenvalue weighted by Gasteiger charge is -2.27. The van der Waals surface area contributed by atoms with E-state index in [-0.39, 0.29) is 31.5 Å². The van der Waals surface area contributed by atoms with Crippen molar-refractivity contribution in [3.05, 3.63) is 97.2 Å². The molecule has 0 aromatic carbocycles. The van der Waals surface area contributed by atoms with E-state index in [1.165, 1.54) is 96.3 Å². The summed E-state index contributed by atoms with van der Waals surface area (Å²) in [7, 11) is 1.46. The van der Waals surface area contributed by atoms with Crippen molar-refractivity contribution in [1.29, 1.82) is 0 Å². The number of amides is 1. The third-order valence-electron chi connectivity index (χ3n) is 13.0. The fourth-order valence-electron chi connectivity index (χ4n) is 8.29. The molecule has 0 bridgehead atoms. The van der Waals surface area contributed by atoms with Crippen molar-refractivity contribution >= 4 is 19.7 Å². The van der Waals surface area contributed by atoms with Crippen LogP contribution in [-0.4, -0.2) is 74.3 Å². The maximum atomic E-state index is 13.5. The van der Waals surface area contributed by atoms with E-state index in [0.29, 0.717) is 23.9 Å². The van der Waals surface area contributed by atoms with E-state index >= 15 is 0 Å². The molecule has 0 aliphatic heterocycles. The Morgan fingerprint density at radius 2 is 0.853 bits per heavy atom. The van der Waals surface area contributed by atoms with E-state index < -0.39 is 20.0 Å². The monoisotopic (exact) mass is 1070 g/mol. The summed E-state index contributed by atoms with van der Waals surface area (Å²) in [5.74, 6) is -0.548. The molecule has 0 fully saturated rings. The van der Waals surface area contributed by atoms with Gasteiger partial charge in [0.05, 0.1) is 33.8 Å². The van der Waals surface area contributed by atoms with Gasteiger partial charge in [0.15, 0.2) is 0 Å². The van der Waals surface area contributed by atoms with Crippen molar-refractivity contribution < 1.29 is 37.3 Å². The number of quaternary nitrogens is 1. The molecule has 0 aromatic rings. The molecule has 1 amide bonds.